The molecule has 1 N–H and O–H groups in total. The topological polar surface area (TPSA) is 63.7 Å². The number of rotatable bonds is 12. The number of para-hydroxylation sites is 1. The number of nitrogens with zero attached hydrogens (tertiary/aromatic N) is 2. The van der Waals surface area contributed by atoms with Crippen LogP contribution in [0.2, 0.25) is 0 Å². The number of halogens is 3. The maximum Gasteiger partial charge on any atom is 0.420 e. The first-order valence-electron chi connectivity index (χ1n) is 12.9. The van der Waals surface area contributed by atoms with Crippen LogP contribution in [0.4, 0.5) is 29.7 Å². The largest absolute Gasteiger partial charge is 0.491 e. The molecule has 0 saturated heterocycles. The van der Waals surface area contributed by atoms with Crippen LogP contribution in [0.5, 0.6) is 5.75 Å². The number of alkyl halides is 3. The molecule has 2 heterocycles. The van der Waals surface area contributed by atoms with Gasteiger partial charge in [-0.15, -0.1) is 11.3 Å². The fourth-order valence-electron chi connectivity index (χ4n) is 4.04. The van der Waals surface area contributed by atoms with E-state index in [1.165, 1.54) is 29.2 Å². The highest BCUT2D eigenvalue weighted by Crippen LogP contribution is 2.41. The molecule has 11 heteroatoms. The van der Waals surface area contributed by atoms with Crippen LogP contribution in [0, 0.1) is 0 Å². The van der Waals surface area contributed by atoms with Crippen molar-refractivity contribution in [1.29, 1.82) is 0 Å². The predicted octanol–water partition coefficient (Wildman–Crippen LogP) is 8.13. The highest BCUT2D eigenvalue weighted by Gasteiger charge is 2.35. The van der Waals surface area contributed by atoms with Gasteiger partial charge in [-0.2, -0.15) is 13.2 Å². The van der Waals surface area contributed by atoms with E-state index in [0.29, 0.717) is 36.9 Å². The Bertz CT molecular complexity index is 1360. The number of nitrogens with one attached hydrogen (secondary N) is 1. The molecular weight excluding hydrogens is 559 g/mol. The smallest absolute Gasteiger partial charge is 0.420 e. The highest BCUT2D eigenvalue weighted by atomic mass is 32.2. The normalized spacial score (nSPS) is 13.3. The van der Waals surface area contributed by atoms with Crippen molar-refractivity contribution in [1.82, 2.24) is 4.98 Å². The Balaban J connectivity index is 1.40. The van der Waals surface area contributed by atoms with Crippen molar-refractivity contribution in [2.45, 2.75) is 32.9 Å². The number of thioether (sulfide) groups is 1. The van der Waals surface area contributed by atoms with E-state index in [1.54, 1.807) is 13.0 Å². The third-order valence-electron chi connectivity index (χ3n) is 5.93. The lowest BCUT2D eigenvalue weighted by Gasteiger charge is -2.23. The Hall–Kier alpha value is -3.44. The summed E-state index contributed by atoms with van der Waals surface area (Å²) in [5, 5.41) is 5.28. The molecule has 1 aliphatic heterocycles. The summed E-state index contributed by atoms with van der Waals surface area (Å²) in [6.45, 7) is 5.34. The highest BCUT2D eigenvalue weighted by molar-refractivity contribution is 8.11. The minimum absolute atomic E-state index is 0.105. The summed E-state index contributed by atoms with van der Waals surface area (Å²) in [6.07, 6.45) is 0.248. The number of thiazole rings is 1. The first-order chi connectivity index (χ1) is 19.3. The molecule has 0 radical (unpaired) electrons. The fraction of sp³-hybridized carbons (Fsp3) is 0.310. The number of esters is 1. The van der Waals surface area contributed by atoms with E-state index in [2.05, 4.69) is 10.3 Å². The summed E-state index contributed by atoms with van der Waals surface area (Å²) in [7, 11) is 0. The van der Waals surface area contributed by atoms with Crippen LogP contribution in [-0.4, -0.2) is 37.3 Å². The summed E-state index contributed by atoms with van der Waals surface area (Å²) in [4.78, 5) is 20.2. The van der Waals surface area contributed by atoms with Crippen LogP contribution >= 0.6 is 23.1 Å². The minimum Gasteiger partial charge on any atom is -0.491 e. The van der Waals surface area contributed by atoms with Gasteiger partial charge < -0.3 is 19.7 Å². The molecule has 0 spiro atoms. The number of ether oxygens (including phenoxy) is 2. The lowest BCUT2D eigenvalue weighted by atomic mass is 10.1. The van der Waals surface area contributed by atoms with E-state index in [-0.39, 0.29) is 30.4 Å². The van der Waals surface area contributed by atoms with Gasteiger partial charge in [-0.3, -0.25) is 4.79 Å². The van der Waals surface area contributed by atoms with E-state index in [0.717, 1.165) is 21.6 Å². The monoisotopic (exact) mass is 589 g/mol. The van der Waals surface area contributed by atoms with Gasteiger partial charge in [0.1, 0.15) is 12.4 Å². The van der Waals surface area contributed by atoms with Crippen LogP contribution in [-0.2, 0) is 15.7 Å². The van der Waals surface area contributed by atoms with Gasteiger partial charge >= 0.3 is 12.1 Å². The lowest BCUT2D eigenvalue weighted by molar-refractivity contribution is -0.142. The zero-order valence-electron chi connectivity index (χ0n) is 22.2. The number of anilines is 3. The molecular formula is C29H30F3N3O3S2. The second-order valence-corrected chi connectivity index (χ2v) is 10.7. The van der Waals surface area contributed by atoms with E-state index in [4.69, 9.17) is 9.47 Å². The third-order valence-corrected chi connectivity index (χ3v) is 7.86. The van der Waals surface area contributed by atoms with Crippen molar-refractivity contribution >= 4 is 50.5 Å². The van der Waals surface area contributed by atoms with Gasteiger partial charge in [0.05, 0.1) is 30.8 Å². The predicted molar refractivity (Wildman–Crippen MR) is 156 cm³/mol. The second kappa shape index (κ2) is 13.8. The van der Waals surface area contributed by atoms with Crippen LogP contribution < -0.4 is 15.0 Å². The average molecular weight is 590 g/mol. The Morgan fingerprint density at radius 3 is 2.65 bits per heavy atom. The number of aromatic nitrogens is 1. The summed E-state index contributed by atoms with van der Waals surface area (Å²) in [6, 6.07) is 13.6. The van der Waals surface area contributed by atoms with Crippen LogP contribution in [0.15, 0.2) is 71.0 Å². The Labute approximate surface area is 239 Å². The molecule has 212 valence electrons. The molecule has 0 saturated carbocycles. The van der Waals surface area contributed by atoms with E-state index in [9.17, 15) is 18.0 Å². The number of carbonyl (C=O) groups excluding carboxylic acids is 1. The van der Waals surface area contributed by atoms with Gasteiger partial charge in [-0.1, -0.05) is 42.1 Å². The van der Waals surface area contributed by atoms with Crippen molar-refractivity contribution < 1.29 is 27.4 Å². The molecule has 1 aromatic heterocycles. The molecule has 0 atom stereocenters. The molecule has 0 unspecified atom stereocenters. The first-order valence-corrected chi connectivity index (χ1v) is 14.6. The van der Waals surface area contributed by atoms with Gasteiger partial charge in [0.15, 0.2) is 5.13 Å². The van der Waals surface area contributed by atoms with E-state index >= 15 is 0 Å². The Morgan fingerprint density at radius 2 is 1.93 bits per heavy atom. The van der Waals surface area contributed by atoms with Crippen LogP contribution in [0.25, 0.3) is 4.91 Å². The van der Waals surface area contributed by atoms with E-state index in [1.807, 2.05) is 59.7 Å². The van der Waals surface area contributed by atoms with Gasteiger partial charge in [-0.05, 0) is 55.5 Å². The van der Waals surface area contributed by atoms with Gasteiger partial charge in [-0.25, -0.2) is 4.98 Å². The third kappa shape index (κ3) is 8.04. The van der Waals surface area contributed by atoms with Gasteiger partial charge in [0, 0.05) is 28.2 Å². The quantitative estimate of drug-likeness (QED) is 0.214. The molecule has 0 bridgehead atoms. The number of carbonyl (C=O) groups is 1. The van der Waals surface area contributed by atoms with Crippen molar-refractivity contribution in [2.24, 2.45) is 0 Å². The summed E-state index contributed by atoms with van der Waals surface area (Å²) >= 11 is 2.74. The molecule has 0 aliphatic carbocycles. The first kappa shape index (κ1) is 29.5. The van der Waals surface area contributed by atoms with Crippen molar-refractivity contribution in [3.63, 3.8) is 0 Å². The maximum atomic E-state index is 13.9. The standard InChI is InChI=1S/C29H30F3N3O3S2/c1-3-35(21-9-6-5-7-10-21)15-16-38-25-14-13-20(17-23(25)29(30,31)32)33-28-34-24(19-39-28)26-12-8-11-22(40-26)18-27(36)37-4-2/h5-7,9-14,17,19H,3-4,8,15-16,18H2,1-2H3,(H,33,34). The molecule has 0 fully saturated rings. The molecule has 0 amide bonds. The Kier molecular flexibility index (Phi) is 10.2. The number of benzene rings is 2. The second-order valence-electron chi connectivity index (χ2n) is 8.69. The van der Waals surface area contributed by atoms with Crippen molar-refractivity contribution in [3.8, 4) is 5.75 Å². The van der Waals surface area contributed by atoms with Gasteiger partial charge in [0.2, 0.25) is 0 Å². The molecule has 3 aromatic rings. The zero-order valence-corrected chi connectivity index (χ0v) is 23.8. The number of likely N-dealkylation sites (N-methyl/N-ethyl adjacent to an activating group) is 1. The molecule has 1 aliphatic rings. The van der Waals surface area contributed by atoms with Crippen LogP contribution in [0.1, 0.15) is 37.9 Å². The molecule has 4 rings (SSSR count). The summed E-state index contributed by atoms with van der Waals surface area (Å²) in [5.41, 5.74) is 1.09. The zero-order chi connectivity index (χ0) is 28.5. The molecule has 2 aromatic carbocycles. The van der Waals surface area contributed by atoms with E-state index < -0.39 is 11.7 Å². The van der Waals surface area contributed by atoms with Gasteiger partial charge in [0.25, 0.3) is 0 Å². The number of hydrogen-bond acceptors (Lipinski definition) is 8. The van der Waals surface area contributed by atoms with Crippen LogP contribution in [0.3, 0.4) is 0 Å². The maximum absolute atomic E-state index is 13.9. The average Bonchev–Trinajstić information content (AvgIpc) is 3.40. The number of hydrogen-bond donors (Lipinski definition) is 1. The number of allylic oxidation sites excluding steroid dienone is 2. The molecule has 6 nitrogen and oxygen atoms in total. The fourth-order valence-corrected chi connectivity index (χ4v) is 5.88. The SMILES string of the molecule is CCOC(=O)CC1=CCC=C(c2csc(Nc3ccc(OCCN(CC)c4ccccc4)c(C(F)(F)F)c3)n2)S1. The molecule has 40 heavy (non-hydrogen) atoms. The summed E-state index contributed by atoms with van der Waals surface area (Å²) in [5.74, 6) is -0.499. The minimum atomic E-state index is -4.59. The van der Waals surface area contributed by atoms with Crippen molar-refractivity contribution in [3.05, 3.63) is 82.2 Å². The van der Waals surface area contributed by atoms with Crippen molar-refractivity contribution in [2.75, 3.05) is 36.5 Å². The lowest BCUT2D eigenvalue weighted by Crippen LogP contribution is -2.28. The summed E-state index contributed by atoms with van der Waals surface area (Å²) < 4.78 is 52.4. The Morgan fingerprint density at radius 1 is 1.12 bits per heavy atom.